The van der Waals surface area contributed by atoms with Crippen LogP contribution in [0.3, 0.4) is 0 Å². The Morgan fingerprint density at radius 1 is 1.30 bits per heavy atom. The van der Waals surface area contributed by atoms with E-state index in [9.17, 15) is 9.59 Å². The maximum Gasteiger partial charge on any atom is 0.317 e. The quantitative estimate of drug-likeness (QED) is 0.687. The van der Waals surface area contributed by atoms with E-state index >= 15 is 0 Å². The number of nitrogens with one attached hydrogen (secondary N) is 1. The van der Waals surface area contributed by atoms with E-state index in [2.05, 4.69) is 25.4 Å². The minimum absolute atomic E-state index is 0.0630. The molecule has 0 aliphatic carbocycles. The summed E-state index contributed by atoms with van der Waals surface area (Å²) in [4.78, 5) is 24.6. The number of urea groups is 1. The van der Waals surface area contributed by atoms with Crippen molar-refractivity contribution < 1.29 is 14.7 Å². The van der Waals surface area contributed by atoms with Gasteiger partial charge < -0.3 is 15.3 Å². The van der Waals surface area contributed by atoms with E-state index in [0.717, 1.165) is 12.8 Å². The highest BCUT2D eigenvalue weighted by Gasteiger charge is 2.27. The van der Waals surface area contributed by atoms with Crippen molar-refractivity contribution in [3.8, 4) is 0 Å². The van der Waals surface area contributed by atoms with Gasteiger partial charge in [0.05, 0.1) is 5.92 Å². The molecule has 6 heteroatoms. The number of hydrogen-bond acceptors (Lipinski definition) is 3. The molecular weight excluding hydrogens is 276 g/mol. The molecule has 0 aliphatic heterocycles. The van der Waals surface area contributed by atoms with Crippen molar-refractivity contribution in [3.05, 3.63) is 0 Å². The molecule has 0 rings (SSSR count). The molecule has 0 aliphatic rings. The van der Waals surface area contributed by atoms with E-state index in [1.54, 1.807) is 23.6 Å². The number of carboxylic acids is 1. The molecule has 0 heterocycles. The largest absolute Gasteiger partial charge is 0.481 e. The molecule has 0 spiro atoms. The fourth-order valence-electron chi connectivity index (χ4n) is 1.97. The maximum atomic E-state index is 12.1. The van der Waals surface area contributed by atoms with Gasteiger partial charge in [-0.3, -0.25) is 4.79 Å². The zero-order valence-electron chi connectivity index (χ0n) is 13.2. The van der Waals surface area contributed by atoms with E-state index in [4.69, 9.17) is 5.11 Å². The smallest absolute Gasteiger partial charge is 0.317 e. The summed E-state index contributed by atoms with van der Waals surface area (Å²) >= 11 is 1.77. The third-order valence-electron chi connectivity index (χ3n) is 3.87. The second-order valence-electron chi connectivity index (χ2n) is 5.03. The summed E-state index contributed by atoms with van der Waals surface area (Å²) in [6, 6.07) is -0.180. The molecule has 0 fully saturated rings. The van der Waals surface area contributed by atoms with Gasteiger partial charge in [0.15, 0.2) is 0 Å². The number of rotatable bonds is 9. The Balaban J connectivity index is 4.52. The Kier molecular flexibility index (Phi) is 8.69. The highest BCUT2D eigenvalue weighted by atomic mass is 32.2. The van der Waals surface area contributed by atoms with Gasteiger partial charge in [-0.05, 0) is 26.0 Å². The Morgan fingerprint density at radius 3 is 2.20 bits per heavy atom. The minimum atomic E-state index is -0.878. The minimum Gasteiger partial charge on any atom is -0.481 e. The highest BCUT2D eigenvalue weighted by molar-refractivity contribution is 8.00. The van der Waals surface area contributed by atoms with Crippen LogP contribution in [0.4, 0.5) is 4.79 Å². The number of aliphatic carboxylic acids is 1. The zero-order valence-corrected chi connectivity index (χ0v) is 14.0. The normalized spacial score (nSPS) is 12.8. The molecule has 0 aromatic heterocycles. The lowest BCUT2D eigenvalue weighted by molar-refractivity contribution is -0.141. The molecule has 5 nitrogen and oxygen atoms in total. The van der Waals surface area contributed by atoms with E-state index < -0.39 is 11.9 Å². The number of carbonyl (C=O) groups excluding carboxylic acids is 1. The molecule has 20 heavy (non-hydrogen) atoms. The van der Waals surface area contributed by atoms with Crippen LogP contribution < -0.4 is 5.32 Å². The topological polar surface area (TPSA) is 69.6 Å². The summed E-state index contributed by atoms with van der Waals surface area (Å²) < 4.78 is 0.0630. The summed E-state index contributed by atoms with van der Waals surface area (Å²) in [6.07, 6.45) is 4.04. The standard InChI is InChI=1S/C14H28N2O3S/c1-6-14(7-2,20-5)10-15-13(19)16(8-3)9-11(4)12(17)18/h11H,6-10H2,1-5H3,(H,15,19)(H,17,18). The van der Waals surface area contributed by atoms with Crippen LogP contribution in [0.5, 0.6) is 0 Å². The van der Waals surface area contributed by atoms with Gasteiger partial charge in [-0.1, -0.05) is 20.8 Å². The fourth-order valence-corrected chi connectivity index (χ4v) is 2.77. The van der Waals surface area contributed by atoms with E-state index in [1.165, 1.54) is 0 Å². The molecule has 0 saturated carbocycles. The molecule has 1 unspecified atom stereocenters. The Hall–Kier alpha value is -0.910. The Bertz CT molecular complexity index is 311. The first-order valence-corrected chi connectivity index (χ1v) is 8.38. The third kappa shape index (κ3) is 5.61. The van der Waals surface area contributed by atoms with Gasteiger partial charge in [0, 0.05) is 24.4 Å². The number of hydrogen-bond donors (Lipinski definition) is 2. The summed E-state index contributed by atoms with van der Waals surface area (Å²) in [5.74, 6) is -1.43. The summed E-state index contributed by atoms with van der Waals surface area (Å²) in [5, 5.41) is 11.9. The lowest BCUT2D eigenvalue weighted by Crippen LogP contribution is -2.47. The van der Waals surface area contributed by atoms with Crippen molar-refractivity contribution in [2.24, 2.45) is 5.92 Å². The van der Waals surface area contributed by atoms with Gasteiger partial charge in [0.25, 0.3) is 0 Å². The first-order chi connectivity index (χ1) is 9.35. The van der Waals surface area contributed by atoms with Crippen LogP contribution in [0, 0.1) is 5.92 Å². The molecule has 0 aromatic carbocycles. The average molecular weight is 304 g/mol. The first-order valence-electron chi connectivity index (χ1n) is 7.16. The molecule has 2 N–H and O–H groups in total. The Morgan fingerprint density at radius 2 is 1.85 bits per heavy atom. The molecule has 0 bridgehead atoms. The van der Waals surface area contributed by atoms with Crippen molar-refractivity contribution in [1.82, 2.24) is 10.2 Å². The van der Waals surface area contributed by atoms with Gasteiger partial charge in [-0.2, -0.15) is 11.8 Å². The summed E-state index contributed by atoms with van der Waals surface area (Å²) in [5.41, 5.74) is 0. The van der Waals surface area contributed by atoms with Crippen molar-refractivity contribution in [3.63, 3.8) is 0 Å². The van der Waals surface area contributed by atoms with E-state index in [1.807, 2.05) is 6.92 Å². The summed E-state index contributed by atoms with van der Waals surface area (Å²) in [7, 11) is 0. The molecule has 2 amide bonds. The summed E-state index contributed by atoms with van der Waals surface area (Å²) in [6.45, 7) is 9.07. The Labute approximate surface area is 126 Å². The molecule has 1 atom stereocenters. The number of amides is 2. The second kappa shape index (κ2) is 9.10. The van der Waals surface area contributed by atoms with Crippen molar-refractivity contribution >= 4 is 23.8 Å². The predicted molar refractivity (Wildman–Crippen MR) is 84.3 cm³/mol. The monoisotopic (exact) mass is 304 g/mol. The van der Waals surface area contributed by atoms with Crippen LogP contribution >= 0.6 is 11.8 Å². The van der Waals surface area contributed by atoms with Gasteiger partial charge in [0.1, 0.15) is 0 Å². The molecule has 0 saturated heterocycles. The van der Waals surface area contributed by atoms with Crippen LogP contribution in [-0.2, 0) is 4.79 Å². The van der Waals surface area contributed by atoms with Crippen LogP contribution in [0.1, 0.15) is 40.5 Å². The van der Waals surface area contributed by atoms with Gasteiger partial charge in [0.2, 0.25) is 0 Å². The number of carboxylic acid groups (broad SMARTS) is 1. The van der Waals surface area contributed by atoms with Gasteiger partial charge in [-0.25, -0.2) is 4.79 Å². The number of thioether (sulfide) groups is 1. The number of nitrogens with zero attached hydrogens (tertiary/aromatic N) is 1. The van der Waals surface area contributed by atoms with Crippen molar-refractivity contribution in [2.45, 2.75) is 45.3 Å². The maximum absolute atomic E-state index is 12.1. The molecule has 118 valence electrons. The van der Waals surface area contributed by atoms with Crippen LogP contribution in [0.25, 0.3) is 0 Å². The lowest BCUT2D eigenvalue weighted by atomic mass is 10.0. The molecule has 0 radical (unpaired) electrons. The third-order valence-corrected chi connectivity index (χ3v) is 5.46. The average Bonchev–Trinajstić information content (AvgIpc) is 2.46. The molecular formula is C14H28N2O3S. The fraction of sp³-hybridized carbons (Fsp3) is 0.857. The molecule has 0 aromatic rings. The van der Waals surface area contributed by atoms with Gasteiger partial charge >= 0.3 is 12.0 Å². The van der Waals surface area contributed by atoms with Crippen LogP contribution in [0.2, 0.25) is 0 Å². The zero-order chi connectivity index (χ0) is 15.8. The SMILES string of the molecule is CCN(CC(C)C(=O)O)C(=O)NCC(CC)(CC)SC. The predicted octanol–water partition coefficient (Wildman–Crippen LogP) is 2.66. The number of carbonyl (C=O) groups is 2. The van der Waals surface area contributed by atoms with E-state index in [0.29, 0.717) is 13.1 Å². The van der Waals surface area contributed by atoms with Crippen LogP contribution in [-0.4, -0.2) is 52.6 Å². The van der Waals surface area contributed by atoms with Crippen molar-refractivity contribution in [2.75, 3.05) is 25.9 Å². The van der Waals surface area contributed by atoms with Crippen molar-refractivity contribution in [1.29, 1.82) is 0 Å². The van der Waals surface area contributed by atoms with Gasteiger partial charge in [-0.15, -0.1) is 0 Å². The lowest BCUT2D eigenvalue weighted by Gasteiger charge is -2.31. The highest BCUT2D eigenvalue weighted by Crippen LogP contribution is 2.29. The second-order valence-corrected chi connectivity index (χ2v) is 6.31. The first kappa shape index (κ1) is 19.1. The van der Waals surface area contributed by atoms with E-state index in [-0.39, 0.29) is 17.3 Å². The van der Waals surface area contributed by atoms with Crippen LogP contribution in [0.15, 0.2) is 0 Å².